The van der Waals surface area contributed by atoms with Crippen molar-refractivity contribution in [2.24, 2.45) is 0 Å². The lowest BCUT2D eigenvalue weighted by atomic mass is 10.4. The fourth-order valence-electron chi connectivity index (χ4n) is 1.13. The van der Waals surface area contributed by atoms with E-state index in [9.17, 15) is 13.2 Å². The molecule has 0 radical (unpaired) electrons. The van der Waals surface area contributed by atoms with Crippen molar-refractivity contribution < 1.29 is 17.9 Å². The van der Waals surface area contributed by atoms with Gasteiger partial charge in [0.2, 0.25) is 0 Å². The van der Waals surface area contributed by atoms with Gasteiger partial charge in [0.15, 0.2) is 14.7 Å². The lowest BCUT2D eigenvalue weighted by Gasteiger charge is -2.06. The molecule has 0 bridgehead atoms. The maximum absolute atomic E-state index is 11.5. The molecule has 1 heterocycles. The fourth-order valence-corrected chi connectivity index (χ4v) is 1.88. The zero-order valence-electron chi connectivity index (χ0n) is 10.4. The van der Waals surface area contributed by atoms with Crippen molar-refractivity contribution in [3.63, 3.8) is 0 Å². The predicted octanol–water partition coefficient (Wildman–Crippen LogP) is 1.60. The third-order valence-corrected chi connectivity index (χ3v) is 3.28. The molecule has 0 amide bonds. The summed E-state index contributed by atoms with van der Waals surface area (Å²) >= 11 is 5.61. The molecule has 0 aliphatic heterocycles. The van der Waals surface area contributed by atoms with E-state index in [2.05, 4.69) is 15.0 Å². The minimum atomic E-state index is -3.69. The van der Waals surface area contributed by atoms with E-state index < -0.39 is 20.7 Å². The van der Waals surface area contributed by atoms with Crippen molar-refractivity contribution in [1.29, 1.82) is 0 Å². The third-order valence-electron chi connectivity index (χ3n) is 1.97. The van der Waals surface area contributed by atoms with Gasteiger partial charge in [0.1, 0.15) is 5.15 Å². The minimum Gasteiger partial charge on any atom is -0.462 e. The Hall–Kier alpha value is -1.60. The Balaban J connectivity index is 2.96. The Kier molecular flexibility index (Phi) is 5.31. The molecule has 0 atom stereocenters. The van der Waals surface area contributed by atoms with Gasteiger partial charge in [-0.25, -0.2) is 18.2 Å². The Bertz CT molecular complexity index is 581. The van der Waals surface area contributed by atoms with Crippen molar-refractivity contribution in [1.82, 2.24) is 4.98 Å². The Labute approximate surface area is 116 Å². The summed E-state index contributed by atoms with van der Waals surface area (Å²) in [6, 6.07) is 3.12. The van der Waals surface area contributed by atoms with Gasteiger partial charge in [-0.2, -0.15) is 0 Å². The summed E-state index contributed by atoms with van der Waals surface area (Å²) < 4.78 is 27.6. The molecule has 6 nitrogen and oxygen atoms in total. The number of nitrogens with one attached hydrogen (secondary N) is 1. The number of nitrogens with zero attached hydrogens (tertiary/aromatic N) is 1. The van der Waals surface area contributed by atoms with E-state index in [0.717, 1.165) is 12.5 Å². The van der Waals surface area contributed by atoms with Gasteiger partial charge < -0.3 is 10.1 Å². The largest absolute Gasteiger partial charge is 0.462 e. The van der Waals surface area contributed by atoms with E-state index in [-0.39, 0.29) is 6.61 Å². The van der Waals surface area contributed by atoms with Crippen LogP contribution in [0, 0.1) is 0 Å². The van der Waals surface area contributed by atoms with E-state index in [0.29, 0.717) is 10.8 Å². The summed E-state index contributed by atoms with van der Waals surface area (Å²) in [5.41, 5.74) is 0.495. The van der Waals surface area contributed by atoms with Gasteiger partial charge in [0.05, 0.1) is 18.5 Å². The molecule has 0 saturated carbocycles. The van der Waals surface area contributed by atoms with Crippen molar-refractivity contribution in [3.05, 3.63) is 34.6 Å². The Morgan fingerprint density at radius 2 is 2.21 bits per heavy atom. The molecule has 1 aromatic rings. The van der Waals surface area contributed by atoms with Gasteiger partial charge in [-0.1, -0.05) is 11.6 Å². The van der Waals surface area contributed by atoms with Gasteiger partial charge in [0, 0.05) is 12.5 Å². The molecule has 0 spiro atoms. The van der Waals surface area contributed by atoms with E-state index in [1.54, 1.807) is 13.0 Å². The van der Waals surface area contributed by atoms with Crippen LogP contribution in [0.3, 0.4) is 0 Å². The van der Waals surface area contributed by atoms with Crippen LogP contribution in [-0.4, -0.2) is 32.2 Å². The minimum absolute atomic E-state index is 0.0915. The van der Waals surface area contributed by atoms with Crippen LogP contribution in [0.4, 0.5) is 5.69 Å². The molecule has 19 heavy (non-hydrogen) atoms. The van der Waals surface area contributed by atoms with Gasteiger partial charge in [-0.05, 0) is 19.1 Å². The van der Waals surface area contributed by atoms with Crippen LogP contribution in [-0.2, 0) is 19.4 Å². The molecule has 104 valence electrons. The zero-order chi connectivity index (χ0) is 14.5. The van der Waals surface area contributed by atoms with Crippen LogP contribution in [0.25, 0.3) is 0 Å². The van der Waals surface area contributed by atoms with E-state index >= 15 is 0 Å². The van der Waals surface area contributed by atoms with Crippen LogP contribution in [0.15, 0.2) is 29.4 Å². The SMILES string of the molecule is CCOC(=O)/C(=C/Nc1ccc(Cl)nc1)S(C)(=O)=O. The average Bonchev–Trinajstić information content (AvgIpc) is 2.30. The Morgan fingerprint density at radius 3 is 2.68 bits per heavy atom. The molecule has 0 aliphatic rings. The standard InChI is InChI=1S/C11H13ClN2O4S/c1-3-18-11(15)9(19(2,16)17)7-13-8-4-5-10(12)14-6-8/h4-7,13H,3H2,1-2H3/b9-7-. The number of carbonyl (C=O) groups is 1. The smallest absolute Gasteiger partial charge is 0.351 e. The number of ether oxygens (including phenoxy) is 1. The summed E-state index contributed by atoms with van der Waals surface area (Å²) in [6.45, 7) is 1.68. The van der Waals surface area contributed by atoms with Crippen molar-refractivity contribution in [3.8, 4) is 0 Å². The monoisotopic (exact) mass is 304 g/mol. The molecule has 0 aliphatic carbocycles. The summed E-state index contributed by atoms with van der Waals surface area (Å²) in [4.78, 5) is 14.9. The first kappa shape index (κ1) is 15.5. The number of esters is 1. The zero-order valence-corrected chi connectivity index (χ0v) is 12.0. The number of sulfone groups is 1. The van der Waals surface area contributed by atoms with E-state index in [4.69, 9.17) is 11.6 Å². The highest BCUT2D eigenvalue weighted by Gasteiger charge is 2.21. The number of aromatic nitrogens is 1. The molecule has 0 unspecified atom stereocenters. The van der Waals surface area contributed by atoms with Gasteiger partial charge >= 0.3 is 5.97 Å². The molecular weight excluding hydrogens is 292 g/mol. The summed E-state index contributed by atoms with van der Waals surface area (Å²) in [5, 5.41) is 2.96. The molecule has 1 aromatic heterocycles. The summed E-state index contributed by atoms with van der Waals surface area (Å²) in [5.74, 6) is -0.903. The fraction of sp³-hybridized carbons (Fsp3) is 0.273. The number of rotatable bonds is 5. The molecule has 0 fully saturated rings. The molecule has 1 N–H and O–H groups in total. The lowest BCUT2D eigenvalue weighted by molar-refractivity contribution is -0.137. The van der Waals surface area contributed by atoms with Crippen LogP contribution in [0.5, 0.6) is 0 Å². The van der Waals surface area contributed by atoms with Crippen LogP contribution in [0.2, 0.25) is 5.15 Å². The first-order valence-corrected chi connectivity index (χ1v) is 7.57. The lowest BCUT2D eigenvalue weighted by Crippen LogP contribution is -2.16. The number of hydrogen-bond acceptors (Lipinski definition) is 6. The highest BCUT2D eigenvalue weighted by molar-refractivity contribution is 7.95. The number of pyridine rings is 1. The quantitative estimate of drug-likeness (QED) is 0.505. The predicted molar refractivity (Wildman–Crippen MR) is 72.4 cm³/mol. The Morgan fingerprint density at radius 1 is 1.53 bits per heavy atom. The maximum atomic E-state index is 11.5. The first-order valence-electron chi connectivity index (χ1n) is 5.30. The molecule has 0 aromatic carbocycles. The number of anilines is 1. The number of hydrogen-bond donors (Lipinski definition) is 1. The van der Waals surface area contributed by atoms with E-state index in [1.165, 1.54) is 12.3 Å². The normalized spacial score (nSPS) is 12.1. The van der Waals surface area contributed by atoms with Crippen LogP contribution < -0.4 is 5.32 Å². The van der Waals surface area contributed by atoms with Gasteiger partial charge in [-0.15, -0.1) is 0 Å². The number of halogens is 1. The van der Waals surface area contributed by atoms with Crippen molar-refractivity contribution >= 4 is 33.1 Å². The first-order chi connectivity index (χ1) is 8.84. The second-order valence-electron chi connectivity index (χ2n) is 3.52. The molecular formula is C11H13ClN2O4S. The number of carbonyl (C=O) groups excluding carboxylic acids is 1. The second-order valence-corrected chi connectivity index (χ2v) is 5.89. The van der Waals surface area contributed by atoms with Crippen molar-refractivity contribution in [2.75, 3.05) is 18.2 Å². The van der Waals surface area contributed by atoms with Crippen LogP contribution >= 0.6 is 11.6 Å². The van der Waals surface area contributed by atoms with Gasteiger partial charge in [0.25, 0.3) is 0 Å². The van der Waals surface area contributed by atoms with Crippen molar-refractivity contribution in [2.45, 2.75) is 6.92 Å². The third kappa shape index (κ3) is 4.88. The second kappa shape index (κ2) is 6.53. The highest BCUT2D eigenvalue weighted by atomic mass is 35.5. The molecule has 1 rings (SSSR count). The maximum Gasteiger partial charge on any atom is 0.351 e. The molecule has 8 heteroatoms. The highest BCUT2D eigenvalue weighted by Crippen LogP contribution is 2.12. The van der Waals surface area contributed by atoms with Gasteiger partial charge in [-0.3, -0.25) is 0 Å². The summed E-state index contributed by atoms with van der Waals surface area (Å²) in [7, 11) is -3.69. The molecule has 0 saturated heterocycles. The summed E-state index contributed by atoms with van der Waals surface area (Å²) in [6.07, 6.45) is 3.40. The topological polar surface area (TPSA) is 85.4 Å². The van der Waals surface area contributed by atoms with E-state index in [1.807, 2.05) is 0 Å². The average molecular weight is 305 g/mol. The van der Waals surface area contributed by atoms with Crippen LogP contribution in [0.1, 0.15) is 6.92 Å².